The molecule has 1 heterocycles. The van der Waals surface area contributed by atoms with Crippen molar-refractivity contribution in [2.45, 2.75) is 39.1 Å². The van der Waals surface area contributed by atoms with Crippen LogP contribution in [0.1, 0.15) is 28.1 Å². The Hall–Kier alpha value is -1.73. The van der Waals surface area contributed by atoms with E-state index in [0.717, 1.165) is 0 Å². The third-order valence-electron chi connectivity index (χ3n) is 3.29. The van der Waals surface area contributed by atoms with Crippen LogP contribution in [0.25, 0.3) is 0 Å². The van der Waals surface area contributed by atoms with Crippen LogP contribution < -0.4 is 4.72 Å². The van der Waals surface area contributed by atoms with Crippen molar-refractivity contribution in [1.29, 1.82) is 0 Å². The molecule has 0 fully saturated rings. The summed E-state index contributed by atoms with van der Waals surface area (Å²) in [5.74, 6) is -0.261. The van der Waals surface area contributed by atoms with Crippen LogP contribution in [0.3, 0.4) is 0 Å². The number of H-pyrrole nitrogens is 1. The summed E-state index contributed by atoms with van der Waals surface area (Å²) in [5, 5.41) is 6.53. The topological polar surface area (TPSA) is 74.8 Å². The minimum Gasteiger partial charge on any atom is -0.281 e. The lowest BCUT2D eigenvalue weighted by Gasteiger charge is -2.09. The van der Waals surface area contributed by atoms with Crippen LogP contribution in [-0.4, -0.2) is 18.6 Å². The van der Waals surface area contributed by atoms with E-state index in [1.165, 1.54) is 0 Å². The first-order chi connectivity index (χ1) is 9.72. The molecule has 0 aliphatic carbocycles. The standard InChI is InChI=1S/C14H18FN3O2S/c1-8-5-12(6-9(2)13(8)15)7-16-21(19,20)14-10(3)17-18-11(14)4/h5-6,16H,7H2,1-4H3,(H,17,18). The number of sulfonamides is 1. The third kappa shape index (κ3) is 3.14. The van der Waals surface area contributed by atoms with E-state index in [0.29, 0.717) is 28.1 Å². The zero-order valence-electron chi connectivity index (χ0n) is 12.4. The molecule has 114 valence electrons. The quantitative estimate of drug-likeness (QED) is 0.909. The summed E-state index contributed by atoms with van der Waals surface area (Å²) in [6.07, 6.45) is 0. The van der Waals surface area contributed by atoms with Crippen molar-refractivity contribution in [1.82, 2.24) is 14.9 Å². The monoisotopic (exact) mass is 311 g/mol. The summed E-state index contributed by atoms with van der Waals surface area (Å²) < 4.78 is 40.7. The minimum absolute atomic E-state index is 0.106. The summed E-state index contributed by atoms with van der Waals surface area (Å²) in [7, 11) is -3.65. The lowest BCUT2D eigenvalue weighted by atomic mass is 10.1. The van der Waals surface area contributed by atoms with E-state index in [1.807, 2.05) is 0 Å². The van der Waals surface area contributed by atoms with E-state index in [1.54, 1.807) is 39.8 Å². The normalized spacial score (nSPS) is 11.9. The molecule has 1 aromatic heterocycles. The van der Waals surface area contributed by atoms with Crippen LogP contribution >= 0.6 is 0 Å². The van der Waals surface area contributed by atoms with Gasteiger partial charge < -0.3 is 0 Å². The molecule has 0 saturated carbocycles. The van der Waals surface area contributed by atoms with Crippen LogP contribution in [-0.2, 0) is 16.6 Å². The molecule has 0 aliphatic rings. The zero-order chi connectivity index (χ0) is 15.8. The first kappa shape index (κ1) is 15.7. The zero-order valence-corrected chi connectivity index (χ0v) is 13.2. The molecular weight excluding hydrogens is 293 g/mol. The maximum absolute atomic E-state index is 13.6. The average molecular weight is 311 g/mol. The molecule has 2 aromatic rings. The Bertz CT molecular complexity index is 739. The van der Waals surface area contributed by atoms with Crippen LogP contribution in [0.2, 0.25) is 0 Å². The second-order valence-electron chi connectivity index (χ2n) is 5.13. The van der Waals surface area contributed by atoms with Gasteiger partial charge in [-0.25, -0.2) is 17.5 Å². The molecule has 0 amide bonds. The second kappa shape index (κ2) is 5.57. The van der Waals surface area contributed by atoms with Gasteiger partial charge in [-0.3, -0.25) is 5.10 Å². The summed E-state index contributed by atoms with van der Waals surface area (Å²) in [6, 6.07) is 3.28. The third-order valence-corrected chi connectivity index (χ3v) is 4.96. The lowest BCUT2D eigenvalue weighted by molar-refractivity contribution is 0.579. The van der Waals surface area contributed by atoms with Crippen molar-refractivity contribution < 1.29 is 12.8 Å². The Balaban J connectivity index is 2.24. The number of hydrogen-bond donors (Lipinski definition) is 2. The van der Waals surface area contributed by atoms with Gasteiger partial charge in [0.15, 0.2) is 0 Å². The number of hydrogen-bond acceptors (Lipinski definition) is 3. The van der Waals surface area contributed by atoms with Gasteiger partial charge in [0.25, 0.3) is 0 Å². The highest BCUT2D eigenvalue weighted by Gasteiger charge is 2.21. The van der Waals surface area contributed by atoms with Gasteiger partial charge in [0, 0.05) is 6.54 Å². The summed E-state index contributed by atoms with van der Waals surface area (Å²) in [4.78, 5) is 0.165. The Morgan fingerprint density at radius 3 is 2.24 bits per heavy atom. The van der Waals surface area contributed by atoms with Crippen molar-refractivity contribution in [3.63, 3.8) is 0 Å². The summed E-state index contributed by atoms with van der Waals surface area (Å²) >= 11 is 0. The summed E-state index contributed by atoms with van der Waals surface area (Å²) in [5.41, 5.74) is 2.63. The van der Waals surface area contributed by atoms with E-state index in [-0.39, 0.29) is 17.3 Å². The fourth-order valence-electron chi connectivity index (χ4n) is 2.32. The number of benzene rings is 1. The highest BCUT2D eigenvalue weighted by molar-refractivity contribution is 7.89. The molecule has 21 heavy (non-hydrogen) atoms. The molecule has 0 spiro atoms. The number of halogens is 1. The number of nitrogens with zero attached hydrogens (tertiary/aromatic N) is 1. The smallest absolute Gasteiger partial charge is 0.244 e. The number of aromatic nitrogens is 2. The highest BCUT2D eigenvalue weighted by Crippen LogP contribution is 2.18. The van der Waals surface area contributed by atoms with Gasteiger partial charge in [-0.2, -0.15) is 5.10 Å². The van der Waals surface area contributed by atoms with E-state index in [9.17, 15) is 12.8 Å². The Morgan fingerprint density at radius 1 is 1.19 bits per heavy atom. The van der Waals surface area contributed by atoms with E-state index >= 15 is 0 Å². The number of rotatable bonds is 4. The Kier molecular flexibility index (Phi) is 4.15. The molecule has 0 radical (unpaired) electrons. The van der Waals surface area contributed by atoms with E-state index in [2.05, 4.69) is 14.9 Å². The largest absolute Gasteiger partial charge is 0.281 e. The van der Waals surface area contributed by atoms with Crippen LogP contribution in [0.4, 0.5) is 4.39 Å². The van der Waals surface area contributed by atoms with Gasteiger partial charge in [-0.05, 0) is 44.4 Å². The molecule has 0 aliphatic heterocycles. The van der Waals surface area contributed by atoms with Crippen LogP contribution in [0.5, 0.6) is 0 Å². The number of aromatic amines is 1. The molecular formula is C14H18FN3O2S. The first-order valence-electron chi connectivity index (χ1n) is 6.49. The average Bonchev–Trinajstić information content (AvgIpc) is 2.73. The van der Waals surface area contributed by atoms with Gasteiger partial charge >= 0.3 is 0 Å². The van der Waals surface area contributed by atoms with Crippen molar-refractivity contribution >= 4 is 10.0 Å². The Morgan fingerprint density at radius 2 is 1.76 bits per heavy atom. The molecule has 1 aromatic carbocycles. The predicted octanol–water partition coefficient (Wildman–Crippen LogP) is 2.26. The molecule has 0 bridgehead atoms. The fourth-order valence-corrected chi connectivity index (χ4v) is 3.71. The molecule has 0 saturated heterocycles. The van der Waals surface area contributed by atoms with Crippen molar-refractivity contribution in [2.75, 3.05) is 0 Å². The molecule has 2 N–H and O–H groups in total. The van der Waals surface area contributed by atoms with Crippen LogP contribution in [0, 0.1) is 33.5 Å². The van der Waals surface area contributed by atoms with Gasteiger partial charge in [-0.15, -0.1) is 0 Å². The van der Waals surface area contributed by atoms with Crippen molar-refractivity contribution in [2.24, 2.45) is 0 Å². The Labute approximate surface area is 123 Å². The van der Waals surface area contributed by atoms with Gasteiger partial charge in [0.1, 0.15) is 10.7 Å². The maximum Gasteiger partial charge on any atom is 0.244 e. The fraction of sp³-hybridized carbons (Fsp3) is 0.357. The molecule has 0 atom stereocenters. The molecule has 5 nitrogen and oxygen atoms in total. The van der Waals surface area contributed by atoms with Gasteiger partial charge in [-0.1, -0.05) is 12.1 Å². The molecule has 2 rings (SSSR count). The highest BCUT2D eigenvalue weighted by atomic mass is 32.2. The minimum atomic E-state index is -3.65. The second-order valence-corrected chi connectivity index (χ2v) is 6.84. The molecule has 0 unspecified atom stereocenters. The molecule has 7 heteroatoms. The van der Waals surface area contributed by atoms with Gasteiger partial charge in [0.2, 0.25) is 10.0 Å². The number of nitrogens with one attached hydrogen (secondary N) is 2. The van der Waals surface area contributed by atoms with Crippen LogP contribution in [0.15, 0.2) is 17.0 Å². The summed E-state index contributed by atoms with van der Waals surface area (Å²) in [6.45, 7) is 6.70. The SMILES string of the molecule is Cc1cc(CNS(=O)(=O)c2c(C)n[nH]c2C)cc(C)c1F. The van der Waals surface area contributed by atoms with Crippen molar-refractivity contribution in [3.8, 4) is 0 Å². The van der Waals surface area contributed by atoms with Gasteiger partial charge in [0.05, 0.1) is 11.4 Å². The number of aryl methyl sites for hydroxylation is 4. The predicted molar refractivity (Wildman–Crippen MR) is 78.0 cm³/mol. The van der Waals surface area contributed by atoms with Crippen molar-refractivity contribution in [3.05, 3.63) is 46.0 Å². The first-order valence-corrected chi connectivity index (χ1v) is 7.97. The van der Waals surface area contributed by atoms with E-state index < -0.39 is 10.0 Å². The lowest BCUT2D eigenvalue weighted by Crippen LogP contribution is -2.24. The maximum atomic E-state index is 13.6. The van der Waals surface area contributed by atoms with E-state index in [4.69, 9.17) is 0 Å².